The summed E-state index contributed by atoms with van der Waals surface area (Å²) in [7, 11) is 1.54. The van der Waals surface area contributed by atoms with Gasteiger partial charge in [-0.2, -0.15) is 0 Å². The van der Waals surface area contributed by atoms with Crippen molar-refractivity contribution < 1.29 is 9.53 Å². The largest absolute Gasteiger partial charge is 0.495 e. The zero-order valence-corrected chi connectivity index (χ0v) is 12.5. The second-order valence-electron chi connectivity index (χ2n) is 4.80. The minimum atomic E-state index is -0.0695. The van der Waals surface area contributed by atoms with Gasteiger partial charge in [-0.15, -0.1) is 0 Å². The van der Waals surface area contributed by atoms with Crippen LogP contribution >= 0.6 is 12.2 Å². The van der Waals surface area contributed by atoms with Crippen molar-refractivity contribution in [2.24, 2.45) is 17.6 Å². The second-order valence-corrected chi connectivity index (χ2v) is 5.24. The lowest BCUT2D eigenvalue weighted by Gasteiger charge is -2.17. The summed E-state index contributed by atoms with van der Waals surface area (Å²) < 4.78 is 5.25. The van der Waals surface area contributed by atoms with E-state index in [9.17, 15) is 4.79 Å². The molecule has 1 rings (SSSR count). The first-order valence-corrected chi connectivity index (χ1v) is 6.56. The van der Waals surface area contributed by atoms with Gasteiger partial charge in [-0.05, 0) is 24.1 Å². The Kier molecular flexibility index (Phi) is 5.30. The summed E-state index contributed by atoms with van der Waals surface area (Å²) in [5.74, 6) is 0.729. The zero-order chi connectivity index (χ0) is 14.6. The molecule has 1 aromatic rings. The van der Waals surface area contributed by atoms with Crippen molar-refractivity contribution in [2.45, 2.75) is 20.8 Å². The average Bonchev–Trinajstić information content (AvgIpc) is 2.37. The molecule has 19 heavy (non-hydrogen) atoms. The van der Waals surface area contributed by atoms with Gasteiger partial charge in [-0.25, -0.2) is 0 Å². The van der Waals surface area contributed by atoms with E-state index < -0.39 is 0 Å². The van der Waals surface area contributed by atoms with Crippen molar-refractivity contribution in [3.05, 3.63) is 23.8 Å². The highest BCUT2D eigenvalue weighted by Gasteiger charge is 2.18. The predicted molar refractivity (Wildman–Crippen MR) is 81.5 cm³/mol. The van der Waals surface area contributed by atoms with Crippen LogP contribution in [0.3, 0.4) is 0 Å². The van der Waals surface area contributed by atoms with Crippen LogP contribution in [0.25, 0.3) is 0 Å². The number of methoxy groups -OCH3 is 1. The number of hydrogen-bond acceptors (Lipinski definition) is 3. The molecule has 5 heteroatoms. The molecule has 4 nitrogen and oxygen atoms in total. The summed E-state index contributed by atoms with van der Waals surface area (Å²) in [5.41, 5.74) is 6.90. The normalized spacial score (nSPS) is 12.1. The first-order chi connectivity index (χ1) is 8.86. The van der Waals surface area contributed by atoms with E-state index in [0.29, 0.717) is 22.0 Å². The molecule has 0 spiro atoms. The first-order valence-electron chi connectivity index (χ1n) is 6.15. The molecule has 0 aliphatic heterocycles. The van der Waals surface area contributed by atoms with Crippen LogP contribution in [0.15, 0.2) is 18.2 Å². The van der Waals surface area contributed by atoms with E-state index in [-0.39, 0.29) is 17.7 Å². The highest BCUT2D eigenvalue weighted by atomic mass is 32.1. The number of anilines is 1. The monoisotopic (exact) mass is 280 g/mol. The van der Waals surface area contributed by atoms with Gasteiger partial charge in [0, 0.05) is 11.5 Å². The maximum Gasteiger partial charge on any atom is 0.227 e. The van der Waals surface area contributed by atoms with E-state index in [2.05, 4.69) is 5.32 Å². The average molecular weight is 280 g/mol. The van der Waals surface area contributed by atoms with Gasteiger partial charge in [0.1, 0.15) is 10.7 Å². The van der Waals surface area contributed by atoms with Crippen molar-refractivity contribution in [3.8, 4) is 5.75 Å². The Morgan fingerprint density at radius 3 is 2.47 bits per heavy atom. The molecule has 0 fully saturated rings. The third-order valence-electron chi connectivity index (χ3n) is 3.16. The van der Waals surface area contributed by atoms with Crippen LogP contribution in [0.5, 0.6) is 5.75 Å². The van der Waals surface area contributed by atoms with Crippen molar-refractivity contribution in [1.29, 1.82) is 0 Å². The van der Waals surface area contributed by atoms with Crippen LogP contribution in [0.4, 0.5) is 5.69 Å². The summed E-state index contributed by atoms with van der Waals surface area (Å²) in [6, 6.07) is 5.23. The molecule has 1 aromatic carbocycles. The highest BCUT2D eigenvalue weighted by molar-refractivity contribution is 7.80. The molecule has 0 aliphatic rings. The number of amides is 1. The van der Waals surface area contributed by atoms with Gasteiger partial charge < -0.3 is 15.8 Å². The third kappa shape index (κ3) is 3.92. The number of hydrogen-bond donors (Lipinski definition) is 2. The van der Waals surface area contributed by atoms with E-state index >= 15 is 0 Å². The quantitative estimate of drug-likeness (QED) is 0.814. The number of carbonyl (C=O) groups is 1. The summed E-state index contributed by atoms with van der Waals surface area (Å²) in [6.45, 7) is 5.92. The van der Waals surface area contributed by atoms with Gasteiger partial charge in [-0.3, -0.25) is 4.79 Å². The molecule has 0 saturated carbocycles. The van der Waals surface area contributed by atoms with Gasteiger partial charge in [0.05, 0.1) is 12.8 Å². The molecule has 1 amide bonds. The standard InChI is InChI=1S/C14H20N2O2S/c1-8(2)9(3)14(17)16-11-6-5-10(13(15)19)7-12(11)18-4/h5-9H,1-4H3,(H2,15,19)(H,16,17). The Morgan fingerprint density at radius 2 is 2.00 bits per heavy atom. The molecule has 0 aliphatic carbocycles. The topological polar surface area (TPSA) is 64.3 Å². The third-order valence-corrected chi connectivity index (χ3v) is 3.39. The molecule has 1 atom stereocenters. The van der Waals surface area contributed by atoms with E-state index in [0.717, 1.165) is 0 Å². The lowest BCUT2D eigenvalue weighted by Crippen LogP contribution is -2.24. The summed E-state index contributed by atoms with van der Waals surface area (Å²) in [5, 5.41) is 2.86. The van der Waals surface area contributed by atoms with Crippen molar-refractivity contribution in [2.75, 3.05) is 12.4 Å². The van der Waals surface area contributed by atoms with Gasteiger partial charge in [0.15, 0.2) is 0 Å². The minimum Gasteiger partial charge on any atom is -0.495 e. The van der Waals surface area contributed by atoms with Crippen molar-refractivity contribution >= 4 is 28.8 Å². The molecule has 104 valence electrons. The number of nitrogens with two attached hydrogens (primary N) is 1. The van der Waals surface area contributed by atoms with E-state index in [1.807, 2.05) is 20.8 Å². The van der Waals surface area contributed by atoms with Crippen LogP contribution in [0.1, 0.15) is 26.3 Å². The number of carbonyl (C=O) groups excluding carboxylic acids is 1. The van der Waals surface area contributed by atoms with Crippen molar-refractivity contribution in [3.63, 3.8) is 0 Å². The Balaban J connectivity index is 2.95. The minimum absolute atomic E-state index is 0.0311. The van der Waals surface area contributed by atoms with Gasteiger partial charge in [-0.1, -0.05) is 33.0 Å². The highest BCUT2D eigenvalue weighted by Crippen LogP contribution is 2.26. The Morgan fingerprint density at radius 1 is 1.37 bits per heavy atom. The second kappa shape index (κ2) is 6.52. The van der Waals surface area contributed by atoms with Crippen LogP contribution in [0, 0.1) is 11.8 Å². The fourth-order valence-corrected chi connectivity index (χ4v) is 1.62. The summed E-state index contributed by atoms with van der Waals surface area (Å²) in [6.07, 6.45) is 0. The molecule has 3 N–H and O–H groups in total. The van der Waals surface area contributed by atoms with Crippen LogP contribution in [-0.2, 0) is 4.79 Å². The number of rotatable bonds is 5. The maximum atomic E-state index is 12.0. The van der Waals surface area contributed by atoms with Crippen molar-refractivity contribution in [1.82, 2.24) is 0 Å². The predicted octanol–water partition coefficient (Wildman–Crippen LogP) is 2.56. The fourth-order valence-electron chi connectivity index (χ4n) is 1.50. The molecular formula is C14H20N2O2S. The fraction of sp³-hybridized carbons (Fsp3) is 0.429. The zero-order valence-electron chi connectivity index (χ0n) is 11.7. The van der Waals surface area contributed by atoms with E-state index in [4.69, 9.17) is 22.7 Å². The Bertz CT molecular complexity index is 486. The molecule has 0 heterocycles. The van der Waals surface area contributed by atoms with E-state index in [1.165, 1.54) is 0 Å². The van der Waals surface area contributed by atoms with Gasteiger partial charge >= 0.3 is 0 Å². The summed E-state index contributed by atoms with van der Waals surface area (Å²) >= 11 is 4.91. The Labute approximate surface area is 119 Å². The maximum absolute atomic E-state index is 12.0. The van der Waals surface area contributed by atoms with Crippen LogP contribution < -0.4 is 15.8 Å². The molecule has 0 radical (unpaired) electrons. The molecule has 0 saturated heterocycles. The SMILES string of the molecule is COc1cc(C(N)=S)ccc1NC(=O)C(C)C(C)C. The summed E-state index contributed by atoms with van der Waals surface area (Å²) in [4.78, 5) is 12.3. The number of benzene rings is 1. The van der Waals surface area contributed by atoms with Gasteiger partial charge in [0.25, 0.3) is 0 Å². The molecular weight excluding hydrogens is 260 g/mol. The molecule has 0 bridgehead atoms. The lowest BCUT2D eigenvalue weighted by molar-refractivity contribution is -0.120. The van der Waals surface area contributed by atoms with Crippen LogP contribution in [-0.4, -0.2) is 18.0 Å². The molecule has 0 aromatic heterocycles. The number of ether oxygens (including phenoxy) is 1. The first kappa shape index (κ1) is 15.4. The van der Waals surface area contributed by atoms with Crippen LogP contribution in [0.2, 0.25) is 0 Å². The number of thiocarbonyl (C=S) groups is 1. The van der Waals surface area contributed by atoms with E-state index in [1.54, 1.807) is 25.3 Å². The Hall–Kier alpha value is -1.62. The molecule has 1 unspecified atom stereocenters. The smallest absolute Gasteiger partial charge is 0.227 e. The number of nitrogens with one attached hydrogen (secondary N) is 1. The van der Waals surface area contributed by atoms with Gasteiger partial charge in [0.2, 0.25) is 5.91 Å². The lowest BCUT2D eigenvalue weighted by atomic mass is 9.97.